The van der Waals surface area contributed by atoms with Crippen LogP contribution in [-0.2, 0) is 11.2 Å². The predicted octanol–water partition coefficient (Wildman–Crippen LogP) is 1.87. The van der Waals surface area contributed by atoms with Crippen molar-refractivity contribution in [3.05, 3.63) is 39.7 Å². The van der Waals surface area contributed by atoms with Crippen LogP contribution in [0.1, 0.15) is 12.0 Å². The molecule has 0 saturated carbocycles. The highest BCUT2D eigenvalue weighted by Gasteiger charge is 2.13. The van der Waals surface area contributed by atoms with Gasteiger partial charge in [-0.2, -0.15) is 0 Å². The molecule has 1 rings (SSSR count). The SMILES string of the molecule is O=CCCc1cc(F)ccc1[N+](=O)[O-]. The number of halogens is 1. The summed E-state index contributed by atoms with van der Waals surface area (Å²) in [4.78, 5) is 20.0. The Bertz CT molecular complexity index is 365. The molecule has 0 atom stereocenters. The van der Waals surface area contributed by atoms with Gasteiger partial charge in [0.15, 0.2) is 0 Å². The first-order valence-corrected chi connectivity index (χ1v) is 4.01. The van der Waals surface area contributed by atoms with Crippen molar-refractivity contribution in [2.24, 2.45) is 0 Å². The van der Waals surface area contributed by atoms with Crippen molar-refractivity contribution < 1.29 is 14.1 Å². The molecule has 0 spiro atoms. The quantitative estimate of drug-likeness (QED) is 0.420. The summed E-state index contributed by atoms with van der Waals surface area (Å²) >= 11 is 0. The highest BCUT2D eigenvalue weighted by Crippen LogP contribution is 2.20. The zero-order chi connectivity index (χ0) is 10.6. The minimum Gasteiger partial charge on any atom is -0.303 e. The number of aldehydes is 1. The molecule has 0 radical (unpaired) electrons. The van der Waals surface area contributed by atoms with Gasteiger partial charge >= 0.3 is 0 Å². The zero-order valence-electron chi connectivity index (χ0n) is 7.27. The van der Waals surface area contributed by atoms with Gasteiger partial charge in [-0.1, -0.05) is 0 Å². The van der Waals surface area contributed by atoms with Crippen molar-refractivity contribution in [3.63, 3.8) is 0 Å². The Hall–Kier alpha value is -1.78. The van der Waals surface area contributed by atoms with Crippen LogP contribution < -0.4 is 0 Å². The fraction of sp³-hybridized carbons (Fsp3) is 0.222. The van der Waals surface area contributed by atoms with E-state index in [1.807, 2.05) is 0 Å². The number of nitro groups is 1. The number of hydrogen-bond donors (Lipinski definition) is 0. The molecule has 14 heavy (non-hydrogen) atoms. The number of rotatable bonds is 4. The summed E-state index contributed by atoms with van der Waals surface area (Å²) < 4.78 is 12.7. The second-order valence-corrected chi connectivity index (χ2v) is 2.74. The number of hydrogen-bond acceptors (Lipinski definition) is 3. The van der Waals surface area contributed by atoms with Crippen LogP contribution in [-0.4, -0.2) is 11.2 Å². The molecule has 4 nitrogen and oxygen atoms in total. The minimum atomic E-state index is -0.584. The van der Waals surface area contributed by atoms with Gasteiger partial charge in [-0.05, 0) is 18.6 Å². The van der Waals surface area contributed by atoms with Gasteiger partial charge in [0, 0.05) is 18.1 Å². The lowest BCUT2D eigenvalue weighted by atomic mass is 10.1. The van der Waals surface area contributed by atoms with Crippen LogP contribution >= 0.6 is 0 Å². The lowest BCUT2D eigenvalue weighted by Crippen LogP contribution is -1.96. The second-order valence-electron chi connectivity index (χ2n) is 2.74. The molecular formula is C9H8FNO3. The molecule has 1 aromatic rings. The molecule has 5 heteroatoms. The van der Waals surface area contributed by atoms with Gasteiger partial charge in [-0.3, -0.25) is 10.1 Å². The van der Waals surface area contributed by atoms with Crippen molar-refractivity contribution in [2.45, 2.75) is 12.8 Å². The van der Waals surface area contributed by atoms with Crippen LogP contribution in [0.3, 0.4) is 0 Å². The maximum atomic E-state index is 12.7. The van der Waals surface area contributed by atoms with E-state index < -0.39 is 10.7 Å². The first-order chi connectivity index (χ1) is 6.65. The summed E-state index contributed by atoms with van der Waals surface area (Å²) in [5.41, 5.74) is 0.107. The van der Waals surface area contributed by atoms with Gasteiger partial charge in [0.25, 0.3) is 5.69 Å². The number of nitro benzene ring substituents is 1. The Morgan fingerprint density at radius 1 is 1.50 bits per heavy atom. The van der Waals surface area contributed by atoms with Gasteiger partial charge in [-0.15, -0.1) is 0 Å². The lowest BCUT2D eigenvalue weighted by molar-refractivity contribution is -0.385. The molecule has 0 N–H and O–H groups in total. The molecule has 0 heterocycles. The molecule has 0 fully saturated rings. The Morgan fingerprint density at radius 3 is 2.79 bits per heavy atom. The third-order valence-corrected chi connectivity index (χ3v) is 1.77. The molecule has 0 bridgehead atoms. The highest BCUT2D eigenvalue weighted by molar-refractivity contribution is 5.51. The monoisotopic (exact) mass is 197 g/mol. The third kappa shape index (κ3) is 2.35. The molecule has 74 valence electrons. The van der Waals surface area contributed by atoms with E-state index in [4.69, 9.17) is 0 Å². The van der Waals surface area contributed by atoms with Gasteiger partial charge in [0.1, 0.15) is 12.1 Å². The van der Waals surface area contributed by atoms with Crippen molar-refractivity contribution in [1.82, 2.24) is 0 Å². The van der Waals surface area contributed by atoms with E-state index in [1.54, 1.807) is 0 Å². The highest BCUT2D eigenvalue weighted by atomic mass is 19.1. The molecule has 0 unspecified atom stereocenters. The van der Waals surface area contributed by atoms with Crippen molar-refractivity contribution in [1.29, 1.82) is 0 Å². The molecule has 0 aliphatic rings. The van der Waals surface area contributed by atoms with Crippen LogP contribution in [0.25, 0.3) is 0 Å². The molecule has 0 aliphatic carbocycles. The minimum absolute atomic E-state index is 0.145. The van der Waals surface area contributed by atoms with Gasteiger partial charge in [0.2, 0.25) is 0 Å². The van der Waals surface area contributed by atoms with Crippen LogP contribution in [0.4, 0.5) is 10.1 Å². The molecule has 0 aromatic heterocycles. The van der Waals surface area contributed by atoms with Crippen molar-refractivity contribution in [3.8, 4) is 0 Å². The van der Waals surface area contributed by atoms with E-state index in [0.29, 0.717) is 6.29 Å². The molecule has 0 saturated heterocycles. The fourth-order valence-corrected chi connectivity index (χ4v) is 1.15. The average molecular weight is 197 g/mol. The fourth-order valence-electron chi connectivity index (χ4n) is 1.15. The maximum Gasteiger partial charge on any atom is 0.272 e. The molecule has 0 amide bonds. The summed E-state index contributed by atoms with van der Waals surface area (Å²) in [7, 11) is 0. The van der Waals surface area contributed by atoms with E-state index in [1.165, 1.54) is 0 Å². The van der Waals surface area contributed by atoms with Gasteiger partial charge in [0.05, 0.1) is 4.92 Å². The standard InChI is InChI=1S/C9H8FNO3/c10-8-3-4-9(11(13)14)7(6-8)2-1-5-12/h3-6H,1-2H2. The predicted molar refractivity (Wildman–Crippen MR) is 47.4 cm³/mol. The summed E-state index contributed by atoms with van der Waals surface area (Å²) in [5, 5.41) is 10.5. The summed E-state index contributed by atoms with van der Waals surface area (Å²) in [6, 6.07) is 3.22. The smallest absolute Gasteiger partial charge is 0.272 e. The van der Waals surface area contributed by atoms with Crippen LogP contribution in [0, 0.1) is 15.9 Å². The van der Waals surface area contributed by atoms with E-state index in [9.17, 15) is 19.3 Å². The maximum absolute atomic E-state index is 12.7. The number of carbonyl (C=O) groups is 1. The number of aryl methyl sites for hydroxylation is 1. The van der Waals surface area contributed by atoms with E-state index in [2.05, 4.69) is 0 Å². The van der Waals surface area contributed by atoms with Crippen LogP contribution in [0.5, 0.6) is 0 Å². The first-order valence-electron chi connectivity index (χ1n) is 4.01. The van der Waals surface area contributed by atoms with E-state index in [-0.39, 0.29) is 24.1 Å². The Morgan fingerprint density at radius 2 is 2.21 bits per heavy atom. The molecule has 0 aliphatic heterocycles. The van der Waals surface area contributed by atoms with E-state index >= 15 is 0 Å². The van der Waals surface area contributed by atoms with Gasteiger partial charge < -0.3 is 4.79 Å². The van der Waals surface area contributed by atoms with Gasteiger partial charge in [-0.25, -0.2) is 4.39 Å². The Labute approximate surface area is 79.5 Å². The number of nitrogens with zero attached hydrogens (tertiary/aromatic N) is 1. The topological polar surface area (TPSA) is 60.2 Å². The summed E-state index contributed by atoms with van der Waals surface area (Å²) in [6.07, 6.45) is 0.997. The van der Waals surface area contributed by atoms with E-state index in [0.717, 1.165) is 18.2 Å². The first kappa shape index (κ1) is 10.3. The largest absolute Gasteiger partial charge is 0.303 e. The summed E-state index contributed by atoms with van der Waals surface area (Å²) in [5.74, 6) is -0.531. The number of carbonyl (C=O) groups excluding carboxylic acids is 1. The Kier molecular flexibility index (Phi) is 3.28. The van der Waals surface area contributed by atoms with Crippen LogP contribution in [0.2, 0.25) is 0 Å². The average Bonchev–Trinajstić information content (AvgIpc) is 2.14. The molecular weight excluding hydrogens is 189 g/mol. The normalized spacial score (nSPS) is 9.79. The van der Waals surface area contributed by atoms with Crippen molar-refractivity contribution >= 4 is 12.0 Å². The van der Waals surface area contributed by atoms with Crippen LogP contribution in [0.15, 0.2) is 18.2 Å². The third-order valence-electron chi connectivity index (χ3n) is 1.77. The molecule has 1 aromatic carbocycles. The lowest BCUT2D eigenvalue weighted by Gasteiger charge is -1.99. The number of benzene rings is 1. The zero-order valence-corrected chi connectivity index (χ0v) is 7.27. The Balaban J connectivity index is 3.02. The van der Waals surface area contributed by atoms with Crippen molar-refractivity contribution in [2.75, 3.05) is 0 Å². The second kappa shape index (κ2) is 4.45. The summed E-state index contributed by atoms with van der Waals surface area (Å²) in [6.45, 7) is 0.